The fourth-order valence-electron chi connectivity index (χ4n) is 2.15. The maximum Gasteiger partial charge on any atom is 0.0705 e. The van der Waals surface area contributed by atoms with Crippen LogP contribution in [0.4, 0.5) is 0 Å². The Bertz CT molecular complexity index is 697. The highest BCUT2D eigenvalue weighted by molar-refractivity contribution is 5.84. The molecule has 0 fully saturated rings. The van der Waals surface area contributed by atoms with Crippen molar-refractivity contribution in [3.63, 3.8) is 0 Å². The molecule has 3 rings (SSSR count). The van der Waals surface area contributed by atoms with E-state index in [9.17, 15) is 0 Å². The Balaban J connectivity index is 0.000000704. The third-order valence-corrected chi connectivity index (χ3v) is 3.21. The van der Waals surface area contributed by atoms with Crippen molar-refractivity contribution in [2.75, 3.05) is 0 Å². The predicted octanol–water partition coefficient (Wildman–Crippen LogP) is 5.54. The van der Waals surface area contributed by atoms with Gasteiger partial charge < -0.3 is 0 Å². The zero-order valence-corrected chi connectivity index (χ0v) is 12.6. The first-order valence-electron chi connectivity index (χ1n) is 7.17. The summed E-state index contributed by atoms with van der Waals surface area (Å²) in [6, 6.07) is 19.2. The standard InChI is InChI=1S/C17H15N.C2H6/c1-12-3-6-14(7-4-12)15-9-10-17-16(11-15)8-5-13(2)18-17;1-2/h3-11H,1-2H3;1-2H3. The van der Waals surface area contributed by atoms with Crippen LogP contribution >= 0.6 is 0 Å². The first-order chi connectivity index (χ1) is 9.72. The maximum atomic E-state index is 4.52. The number of rotatable bonds is 1. The van der Waals surface area contributed by atoms with E-state index in [1.165, 1.54) is 22.1 Å². The molecule has 2 aromatic carbocycles. The van der Waals surface area contributed by atoms with Crippen LogP contribution in [-0.2, 0) is 0 Å². The predicted molar refractivity (Wildman–Crippen MR) is 88.0 cm³/mol. The average Bonchev–Trinajstić information content (AvgIpc) is 2.49. The molecule has 0 saturated heterocycles. The van der Waals surface area contributed by atoms with Crippen molar-refractivity contribution in [1.29, 1.82) is 0 Å². The summed E-state index contributed by atoms with van der Waals surface area (Å²) in [4.78, 5) is 4.52. The van der Waals surface area contributed by atoms with E-state index in [-0.39, 0.29) is 0 Å². The highest BCUT2D eigenvalue weighted by atomic mass is 14.7. The zero-order chi connectivity index (χ0) is 14.5. The Kier molecular flexibility index (Phi) is 4.52. The lowest BCUT2D eigenvalue weighted by Gasteiger charge is -2.05. The number of benzene rings is 2. The van der Waals surface area contributed by atoms with Crippen LogP contribution in [0, 0.1) is 13.8 Å². The SMILES string of the molecule is CC.Cc1ccc(-c2ccc3nc(C)ccc3c2)cc1. The van der Waals surface area contributed by atoms with Crippen LogP contribution in [0.2, 0.25) is 0 Å². The van der Waals surface area contributed by atoms with Crippen molar-refractivity contribution in [2.45, 2.75) is 27.7 Å². The summed E-state index contributed by atoms with van der Waals surface area (Å²) in [5.41, 5.74) is 5.91. The number of pyridine rings is 1. The molecule has 1 heteroatoms. The van der Waals surface area contributed by atoms with E-state index in [1.807, 2.05) is 20.8 Å². The van der Waals surface area contributed by atoms with Crippen LogP contribution in [0.25, 0.3) is 22.0 Å². The molecule has 0 aliphatic heterocycles. The number of nitrogens with zero attached hydrogens (tertiary/aromatic N) is 1. The van der Waals surface area contributed by atoms with Crippen LogP contribution in [0.15, 0.2) is 54.6 Å². The number of hydrogen-bond acceptors (Lipinski definition) is 1. The Morgan fingerprint density at radius 2 is 1.35 bits per heavy atom. The Hall–Kier alpha value is -2.15. The average molecular weight is 263 g/mol. The van der Waals surface area contributed by atoms with E-state index in [2.05, 4.69) is 66.5 Å². The van der Waals surface area contributed by atoms with Gasteiger partial charge in [0.15, 0.2) is 0 Å². The molecule has 0 bridgehead atoms. The summed E-state index contributed by atoms with van der Waals surface area (Å²) >= 11 is 0. The van der Waals surface area contributed by atoms with Crippen molar-refractivity contribution in [3.05, 3.63) is 65.9 Å². The van der Waals surface area contributed by atoms with E-state index in [4.69, 9.17) is 0 Å². The van der Waals surface area contributed by atoms with Crippen LogP contribution in [0.1, 0.15) is 25.1 Å². The molecule has 0 N–H and O–H groups in total. The molecule has 0 atom stereocenters. The lowest BCUT2D eigenvalue weighted by molar-refractivity contribution is 1.26. The van der Waals surface area contributed by atoms with Gasteiger partial charge in [-0.2, -0.15) is 0 Å². The summed E-state index contributed by atoms with van der Waals surface area (Å²) in [6.45, 7) is 8.13. The monoisotopic (exact) mass is 263 g/mol. The lowest BCUT2D eigenvalue weighted by atomic mass is 10.0. The molecule has 1 aromatic heterocycles. The maximum absolute atomic E-state index is 4.52. The number of hydrogen-bond donors (Lipinski definition) is 0. The summed E-state index contributed by atoms with van der Waals surface area (Å²) in [5.74, 6) is 0. The van der Waals surface area contributed by atoms with E-state index < -0.39 is 0 Å². The molecule has 0 saturated carbocycles. The fraction of sp³-hybridized carbons (Fsp3) is 0.211. The number of fused-ring (bicyclic) bond motifs is 1. The topological polar surface area (TPSA) is 12.9 Å². The highest BCUT2D eigenvalue weighted by Gasteiger charge is 2.00. The van der Waals surface area contributed by atoms with E-state index in [1.54, 1.807) is 0 Å². The molecule has 1 nitrogen and oxygen atoms in total. The minimum Gasteiger partial charge on any atom is -0.253 e. The van der Waals surface area contributed by atoms with E-state index in [0.717, 1.165) is 11.2 Å². The molecular formula is C19H21N. The number of aryl methyl sites for hydroxylation is 2. The summed E-state index contributed by atoms with van der Waals surface area (Å²) in [6.07, 6.45) is 0. The van der Waals surface area contributed by atoms with Gasteiger partial charge >= 0.3 is 0 Å². The third kappa shape index (κ3) is 3.05. The smallest absolute Gasteiger partial charge is 0.0705 e. The molecule has 1 heterocycles. The van der Waals surface area contributed by atoms with Crippen molar-refractivity contribution in [1.82, 2.24) is 4.98 Å². The van der Waals surface area contributed by atoms with Gasteiger partial charge in [0.25, 0.3) is 0 Å². The Morgan fingerprint density at radius 1 is 0.700 bits per heavy atom. The minimum atomic E-state index is 1.06. The van der Waals surface area contributed by atoms with Crippen LogP contribution < -0.4 is 0 Å². The highest BCUT2D eigenvalue weighted by Crippen LogP contribution is 2.24. The lowest BCUT2D eigenvalue weighted by Crippen LogP contribution is -1.84. The quantitative estimate of drug-likeness (QED) is 0.561. The first-order valence-corrected chi connectivity index (χ1v) is 7.17. The van der Waals surface area contributed by atoms with Crippen molar-refractivity contribution < 1.29 is 0 Å². The summed E-state index contributed by atoms with van der Waals surface area (Å²) < 4.78 is 0. The zero-order valence-electron chi connectivity index (χ0n) is 12.6. The van der Waals surface area contributed by atoms with E-state index in [0.29, 0.717) is 0 Å². The van der Waals surface area contributed by atoms with Gasteiger partial charge in [-0.3, -0.25) is 4.98 Å². The Labute approximate surface area is 121 Å². The van der Waals surface area contributed by atoms with Gasteiger partial charge in [0.05, 0.1) is 5.52 Å². The second-order valence-corrected chi connectivity index (χ2v) is 4.73. The van der Waals surface area contributed by atoms with Crippen LogP contribution in [0.5, 0.6) is 0 Å². The molecule has 0 aliphatic carbocycles. The second kappa shape index (κ2) is 6.33. The van der Waals surface area contributed by atoms with Crippen molar-refractivity contribution in [2.24, 2.45) is 0 Å². The van der Waals surface area contributed by atoms with Gasteiger partial charge in [-0.05, 0) is 43.2 Å². The molecule has 0 spiro atoms. The summed E-state index contributed by atoms with van der Waals surface area (Å²) in [7, 11) is 0. The number of aromatic nitrogens is 1. The third-order valence-electron chi connectivity index (χ3n) is 3.21. The van der Waals surface area contributed by atoms with Crippen molar-refractivity contribution in [3.8, 4) is 11.1 Å². The van der Waals surface area contributed by atoms with Gasteiger partial charge in [0.2, 0.25) is 0 Å². The molecule has 20 heavy (non-hydrogen) atoms. The molecular weight excluding hydrogens is 242 g/mol. The molecule has 0 unspecified atom stereocenters. The molecule has 0 aliphatic rings. The molecule has 102 valence electrons. The fourth-order valence-corrected chi connectivity index (χ4v) is 2.15. The molecule has 0 radical (unpaired) electrons. The first kappa shape index (κ1) is 14.3. The van der Waals surface area contributed by atoms with Gasteiger partial charge in [-0.1, -0.05) is 55.8 Å². The van der Waals surface area contributed by atoms with Crippen LogP contribution in [-0.4, -0.2) is 4.98 Å². The summed E-state index contributed by atoms with van der Waals surface area (Å²) in [5, 5.41) is 1.19. The van der Waals surface area contributed by atoms with Crippen molar-refractivity contribution >= 4 is 10.9 Å². The minimum absolute atomic E-state index is 1.06. The van der Waals surface area contributed by atoms with Crippen LogP contribution in [0.3, 0.4) is 0 Å². The van der Waals surface area contributed by atoms with Gasteiger partial charge in [-0.25, -0.2) is 0 Å². The van der Waals surface area contributed by atoms with Gasteiger partial charge in [0, 0.05) is 11.1 Å². The van der Waals surface area contributed by atoms with Gasteiger partial charge in [-0.15, -0.1) is 0 Å². The second-order valence-electron chi connectivity index (χ2n) is 4.73. The largest absolute Gasteiger partial charge is 0.253 e. The van der Waals surface area contributed by atoms with Gasteiger partial charge in [0.1, 0.15) is 0 Å². The molecule has 0 amide bonds. The normalized spacial score (nSPS) is 10.0. The molecule has 3 aromatic rings. The Morgan fingerprint density at radius 3 is 2.05 bits per heavy atom. The van der Waals surface area contributed by atoms with E-state index >= 15 is 0 Å².